The molecule has 1 aromatic rings. The van der Waals surface area contributed by atoms with Gasteiger partial charge in [0.15, 0.2) is 0 Å². The molecule has 0 aliphatic rings. The Bertz CT molecular complexity index is 506. The standard InChI is InChI=1S/C14H23N3O2/c1-8(2)9(3)16-13(18)7-6-12-10(4)15-11(5)17-14(12)19/h8-9H,6-7H2,1-5H3,(H,16,18)(H,15,17,19). The van der Waals surface area contributed by atoms with Gasteiger partial charge in [-0.1, -0.05) is 13.8 Å². The maximum atomic E-state index is 11.8. The highest BCUT2D eigenvalue weighted by atomic mass is 16.1. The second kappa shape index (κ2) is 6.50. The Morgan fingerprint density at radius 2 is 1.95 bits per heavy atom. The van der Waals surface area contributed by atoms with Gasteiger partial charge in [0, 0.05) is 23.7 Å². The lowest BCUT2D eigenvalue weighted by Crippen LogP contribution is -2.36. The van der Waals surface area contributed by atoms with Gasteiger partial charge in [0.25, 0.3) is 5.56 Å². The van der Waals surface area contributed by atoms with E-state index in [-0.39, 0.29) is 17.5 Å². The van der Waals surface area contributed by atoms with Crippen molar-refractivity contribution < 1.29 is 4.79 Å². The van der Waals surface area contributed by atoms with Crippen LogP contribution in [0.25, 0.3) is 0 Å². The summed E-state index contributed by atoms with van der Waals surface area (Å²) in [6.07, 6.45) is 0.733. The Balaban J connectivity index is 2.63. The largest absolute Gasteiger partial charge is 0.353 e. The molecule has 0 aliphatic carbocycles. The number of rotatable bonds is 5. The predicted octanol–water partition coefficient (Wildman–Crippen LogP) is 1.48. The molecule has 0 saturated carbocycles. The van der Waals surface area contributed by atoms with Crippen LogP contribution >= 0.6 is 0 Å². The second-order valence-corrected chi connectivity index (χ2v) is 5.32. The van der Waals surface area contributed by atoms with E-state index in [0.29, 0.717) is 35.8 Å². The topological polar surface area (TPSA) is 74.8 Å². The first-order valence-electron chi connectivity index (χ1n) is 6.67. The highest BCUT2D eigenvalue weighted by Crippen LogP contribution is 2.04. The Labute approximate surface area is 113 Å². The van der Waals surface area contributed by atoms with Gasteiger partial charge in [0.05, 0.1) is 0 Å². The van der Waals surface area contributed by atoms with Gasteiger partial charge in [-0.2, -0.15) is 0 Å². The fourth-order valence-corrected chi connectivity index (χ4v) is 1.78. The summed E-state index contributed by atoms with van der Waals surface area (Å²) in [5.74, 6) is 0.972. The number of aromatic amines is 1. The van der Waals surface area contributed by atoms with Gasteiger partial charge in [0.2, 0.25) is 5.91 Å². The van der Waals surface area contributed by atoms with E-state index in [1.54, 1.807) is 13.8 Å². The number of carbonyl (C=O) groups is 1. The van der Waals surface area contributed by atoms with E-state index in [1.807, 2.05) is 6.92 Å². The lowest BCUT2D eigenvalue weighted by atomic mass is 10.1. The molecule has 0 spiro atoms. The van der Waals surface area contributed by atoms with E-state index >= 15 is 0 Å². The smallest absolute Gasteiger partial charge is 0.254 e. The first-order valence-corrected chi connectivity index (χ1v) is 6.67. The number of aromatic nitrogens is 2. The van der Waals surface area contributed by atoms with Gasteiger partial charge >= 0.3 is 0 Å². The molecule has 5 heteroatoms. The number of nitrogens with zero attached hydrogens (tertiary/aromatic N) is 1. The van der Waals surface area contributed by atoms with Gasteiger partial charge in [-0.3, -0.25) is 9.59 Å². The van der Waals surface area contributed by atoms with Crippen LogP contribution in [-0.2, 0) is 11.2 Å². The van der Waals surface area contributed by atoms with Crippen LogP contribution in [0.5, 0.6) is 0 Å². The quantitative estimate of drug-likeness (QED) is 0.846. The van der Waals surface area contributed by atoms with E-state index in [9.17, 15) is 9.59 Å². The van der Waals surface area contributed by atoms with E-state index in [2.05, 4.69) is 29.1 Å². The zero-order chi connectivity index (χ0) is 14.6. The molecular weight excluding hydrogens is 242 g/mol. The molecule has 106 valence electrons. The van der Waals surface area contributed by atoms with Crippen molar-refractivity contribution in [3.8, 4) is 0 Å². The molecule has 1 atom stereocenters. The molecule has 1 amide bonds. The van der Waals surface area contributed by atoms with Crippen LogP contribution in [0.4, 0.5) is 0 Å². The Kier molecular flexibility index (Phi) is 5.27. The summed E-state index contributed by atoms with van der Waals surface area (Å²) >= 11 is 0. The summed E-state index contributed by atoms with van der Waals surface area (Å²) in [5, 5.41) is 2.93. The highest BCUT2D eigenvalue weighted by molar-refractivity contribution is 5.76. The molecule has 0 aliphatic heterocycles. The van der Waals surface area contributed by atoms with Crippen molar-refractivity contribution in [1.82, 2.24) is 15.3 Å². The van der Waals surface area contributed by atoms with Gasteiger partial charge in [-0.25, -0.2) is 4.98 Å². The number of hydrogen-bond donors (Lipinski definition) is 2. The van der Waals surface area contributed by atoms with Crippen molar-refractivity contribution >= 4 is 5.91 Å². The third-order valence-corrected chi connectivity index (χ3v) is 3.33. The Morgan fingerprint density at radius 3 is 2.47 bits per heavy atom. The van der Waals surface area contributed by atoms with E-state index in [0.717, 1.165) is 0 Å². The molecule has 0 aromatic carbocycles. The third kappa shape index (κ3) is 4.50. The molecule has 5 nitrogen and oxygen atoms in total. The molecule has 0 saturated heterocycles. The van der Waals surface area contributed by atoms with Gasteiger partial charge in [-0.05, 0) is 33.1 Å². The van der Waals surface area contributed by atoms with Crippen LogP contribution in [-0.4, -0.2) is 21.9 Å². The van der Waals surface area contributed by atoms with Crippen LogP contribution in [0.3, 0.4) is 0 Å². The minimum atomic E-state index is -0.144. The zero-order valence-corrected chi connectivity index (χ0v) is 12.3. The monoisotopic (exact) mass is 265 g/mol. The zero-order valence-electron chi connectivity index (χ0n) is 12.3. The number of hydrogen-bond acceptors (Lipinski definition) is 3. The second-order valence-electron chi connectivity index (χ2n) is 5.32. The highest BCUT2D eigenvalue weighted by Gasteiger charge is 2.13. The maximum absolute atomic E-state index is 11.8. The van der Waals surface area contributed by atoms with E-state index in [1.165, 1.54) is 0 Å². The normalized spacial score (nSPS) is 12.5. The van der Waals surface area contributed by atoms with Crippen molar-refractivity contribution in [2.75, 3.05) is 0 Å². The summed E-state index contributed by atoms with van der Waals surface area (Å²) in [4.78, 5) is 30.4. The average molecular weight is 265 g/mol. The third-order valence-electron chi connectivity index (χ3n) is 3.33. The molecule has 1 heterocycles. The van der Waals surface area contributed by atoms with Crippen molar-refractivity contribution in [3.63, 3.8) is 0 Å². The summed E-state index contributed by atoms with van der Waals surface area (Å²) in [7, 11) is 0. The van der Waals surface area contributed by atoms with Crippen molar-refractivity contribution in [1.29, 1.82) is 0 Å². The SMILES string of the molecule is Cc1nc(C)c(CCC(=O)NC(C)C(C)C)c(=O)[nH]1. The summed E-state index contributed by atoms with van der Waals surface area (Å²) in [6.45, 7) is 9.64. The van der Waals surface area contributed by atoms with Crippen LogP contribution in [0.15, 0.2) is 4.79 Å². The minimum absolute atomic E-state index is 0.0272. The number of aryl methyl sites for hydroxylation is 2. The number of carbonyl (C=O) groups excluding carboxylic acids is 1. The summed E-state index contributed by atoms with van der Waals surface area (Å²) in [6, 6.07) is 0.142. The first-order chi connectivity index (χ1) is 8.81. The average Bonchev–Trinajstić information content (AvgIpc) is 2.27. The van der Waals surface area contributed by atoms with Gasteiger partial charge < -0.3 is 10.3 Å². The fraction of sp³-hybridized carbons (Fsp3) is 0.643. The van der Waals surface area contributed by atoms with Crippen LogP contribution < -0.4 is 10.9 Å². The molecule has 0 fully saturated rings. The van der Waals surface area contributed by atoms with Crippen molar-refractivity contribution in [3.05, 3.63) is 27.4 Å². The van der Waals surface area contributed by atoms with Gasteiger partial charge in [-0.15, -0.1) is 0 Å². The van der Waals surface area contributed by atoms with E-state index < -0.39 is 0 Å². The van der Waals surface area contributed by atoms with Crippen LogP contribution in [0, 0.1) is 19.8 Å². The van der Waals surface area contributed by atoms with Crippen molar-refractivity contribution in [2.45, 2.75) is 53.5 Å². The number of nitrogens with one attached hydrogen (secondary N) is 2. The predicted molar refractivity (Wildman–Crippen MR) is 75.1 cm³/mol. The Hall–Kier alpha value is -1.65. The van der Waals surface area contributed by atoms with Gasteiger partial charge in [0.1, 0.15) is 5.82 Å². The molecule has 1 unspecified atom stereocenters. The summed E-state index contributed by atoms with van der Waals surface area (Å²) in [5.41, 5.74) is 1.15. The summed E-state index contributed by atoms with van der Waals surface area (Å²) < 4.78 is 0. The maximum Gasteiger partial charge on any atom is 0.254 e. The molecule has 2 N–H and O–H groups in total. The van der Waals surface area contributed by atoms with Crippen LogP contribution in [0.2, 0.25) is 0 Å². The molecule has 0 radical (unpaired) electrons. The molecule has 1 rings (SSSR count). The van der Waals surface area contributed by atoms with Crippen molar-refractivity contribution in [2.24, 2.45) is 5.92 Å². The molecular formula is C14H23N3O2. The lowest BCUT2D eigenvalue weighted by molar-refractivity contribution is -0.121. The van der Waals surface area contributed by atoms with Crippen LogP contribution in [0.1, 0.15) is 44.3 Å². The van der Waals surface area contributed by atoms with E-state index in [4.69, 9.17) is 0 Å². The number of amides is 1. The first kappa shape index (κ1) is 15.4. The lowest BCUT2D eigenvalue weighted by Gasteiger charge is -2.17. The molecule has 19 heavy (non-hydrogen) atoms. The minimum Gasteiger partial charge on any atom is -0.353 e. The number of H-pyrrole nitrogens is 1. The Morgan fingerprint density at radius 1 is 1.32 bits per heavy atom. The molecule has 1 aromatic heterocycles. The molecule has 0 bridgehead atoms. The fourth-order valence-electron chi connectivity index (χ4n) is 1.78.